The molecule has 0 aliphatic carbocycles. The van der Waals surface area contributed by atoms with E-state index in [2.05, 4.69) is 13.8 Å². The van der Waals surface area contributed by atoms with Crippen LogP contribution < -0.4 is 10.2 Å². The highest BCUT2D eigenvalue weighted by molar-refractivity contribution is 5.89. The highest BCUT2D eigenvalue weighted by Crippen LogP contribution is 2.40. The van der Waals surface area contributed by atoms with Crippen LogP contribution in [0.5, 0.6) is 17.2 Å². The number of esters is 1. The van der Waals surface area contributed by atoms with Crippen molar-refractivity contribution < 1.29 is 37.0 Å². The van der Waals surface area contributed by atoms with Crippen LogP contribution in [0.15, 0.2) is 45.6 Å². The fourth-order valence-corrected chi connectivity index (χ4v) is 4.92. The number of phenols is 1. The number of alkyl halides is 3. The number of rotatable bonds is 7. The van der Waals surface area contributed by atoms with Crippen LogP contribution >= 0.6 is 0 Å². The monoisotopic (exact) mass is 533 g/mol. The number of carbonyl (C=O) groups is 1. The molecule has 7 nitrogen and oxygen atoms in total. The normalized spacial score (nSPS) is 18.5. The van der Waals surface area contributed by atoms with Crippen molar-refractivity contribution >= 4 is 16.9 Å². The first-order chi connectivity index (χ1) is 18.0. The molecule has 2 heterocycles. The third-order valence-corrected chi connectivity index (χ3v) is 6.43. The molecule has 38 heavy (non-hydrogen) atoms. The minimum atomic E-state index is -5.05. The lowest BCUT2D eigenvalue weighted by Gasteiger charge is -2.35. The van der Waals surface area contributed by atoms with E-state index in [1.165, 1.54) is 36.4 Å². The first kappa shape index (κ1) is 27.5. The van der Waals surface area contributed by atoms with Crippen LogP contribution in [-0.4, -0.2) is 35.7 Å². The summed E-state index contributed by atoms with van der Waals surface area (Å²) in [7, 11) is 0. The van der Waals surface area contributed by atoms with Gasteiger partial charge in [0.15, 0.2) is 0 Å². The number of phenolic OH excluding ortho intramolecular Hbond substituents is 1. The summed E-state index contributed by atoms with van der Waals surface area (Å²) in [5, 5.41) is 10.4. The smallest absolute Gasteiger partial charge is 0.453 e. The summed E-state index contributed by atoms with van der Waals surface area (Å²) in [5.74, 6) is -2.79. The number of hydrogen-bond donors (Lipinski definition) is 1. The maximum Gasteiger partial charge on any atom is 0.453 e. The minimum Gasteiger partial charge on any atom is -0.507 e. The van der Waals surface area contributed by atoms with Crippen LogP contribution in [0.25, 0.3) is 11.0 Å². The molecule has 0 amide bonds. The molecule has 1 aromatic heterocycles. The van der Waals surface area contributed by atoms with Crippen LogP contribution in [0.4, 0.5) is 13.2 Å². The van der Waals surface area contributed by atoms with Crippen LogP contribution in [0.3, 0.4) is 0 Å². The number of nitrogens with zero attached hydrogens (tertiary/aromatic N) is 1. The van der Waals surface area contributed by atoms with E-state index in [9.17, 15) is 27.9 Å². The van der Waals surface area contributed by atoms with E-state index >= 15 is 0 Å². The SMILES string of the molecule is CCCOC(=O)c1ccc(Oc2c(C(F)(F)F)oc3c(CN4CC(C)CC(C)C4)c(O)ccc3c2=O)cc1. The number of benzene rings is 2. The second kappa shape index (κ2) is 11.1. The first-order valence-corrected chi connectivity index (χ1v) is 12.5. The zero-order valence-corrected chi connectivity index (χ0v) is 21.4. The molecule has 1 N–H and O–H groups in total. The molecule has 2 aromatic carbocycles. The standard InChI is InChI=1S/C28H30F3NO6/c1-4-11-36-27(35)18-5-7-19(8-6-18)37-25-23(34)20-9-10-22(33)21(24(20)38-26(25)28(29,30)31)15-32-13-16(2)12-17(3)14-32/h5-10,16-17,33H,4,11-15H2,1-3H3. The van der Waals surface area contributed by atoms with Crippen molar-refractivity contribution in [3.05, 3.63) is 63.5 Å². The maximum absolute atomic E-state index is 14.1. The topological polar surface area (TPSA) is 89.2 Å². The van der Waals surface area contributed by atoms with Crippen molar-refractivity contribution in [2.75, 3.05) is 19.7 Å². The number of fused-ring (bicyclic) bond motifs is 1. The number of aromatic hydroxyl groups is 1. The predicted molar refractivity (Wildman–Crippen MR) is 134 cm³/mol. The van der Waals surface area contributed by atoms with E-state index in [1.807, 2.05) is 11.8 Å². The zero-order chi connectivity index (χ0) is 27.6. The Morgan fingerprint density at radius 1 is 1.11 bits per heavy atom. The first-order valence-electron chi connectivity index (χ1n) is 12.5. The maximum atomic E-state index is 14.1. The number of hydrogen-bond acceptors (Lipinski definition) is 7. The fourth-order valence-electron chi connectivity index (χ4n) is 4.92. The van der Waals surface area contributed by atoms with E-state index in [0.29, 0.717) is 31.3 Å². The summed E-state index contributed by atoms with van der Waals surface area (Å²) in [6.45, 7) is 7.82. The second-order valence-corrected chi connectivity index (χ2v) is 9.93. The van der Waals surface area contributed by atoms with Crippen LogP contribution in [0, 0.1) is 11.8 Å². The molecule has 1 saturated heterocycles. The van der Waals surface area contributed by atoms with Crippen molar-refractivity contribution in [1.29, 1.82) is 0 Å². The number of piperidine rings is 1. The molecule has 0 spiro atoms. The highest BCUT2D eigenvalue weighted by Gasteiger charge is 2.41. The minimum absolute atomic E-state index is 0.0931. The third-order valence-electron chi connectivity index (χ3n) is 6.43. The summed E-state index contributed by atoms with van der Waals surface area (Å²) in [5.41, 5.74) is -1.04. The molecule has 2 unspecified atom stereocenters. The summed E-state index contributed by atoms with van der Waals surface area (Å²) in [6.07, 6.45) is -3.38. The van der Waals surface area contributed by atoms with Gasteiger partial charge in [-0.05, 0) is 61.1 Å². The lowest BCUT2D eigenvalue weighted by Crippen LogP contribution is -2.38. The van der Waals surface area contributed by atoms with Gasteiger partial charge in [-0.1, -0.05) is 20.8 Å². The Kier molecular flexibility index (Phi) is 8.01. The van der Waals surface area contributed by atoms with E-state index < -0.39 is 29.1 Å². The van der Waals surface area contributed by atoms with Gasteiger partial charge in [-0.15, -0.1) is 0 Å². The number of ether oxygens (including phenoxy) is 2. The summed E-state index contributed by atoms with van der Waals surface area (Å²) in [6, 6.07) is 7.71. The van der Waals surface area contributed by atoms with Crippen molar-refractivity contribution in [3.8, 4) is 17.2 Å². The van der Waals surface area contributed by atoms with Gasteiger partial charge in [-0.3, -0.25) is 9.69 Å². The molecule has 0 bridgehead atoms. The lowest BCUT2D eigenvalue weighted by molar-refractivity contribution is -0.154. The quantitative estimate of drug-likeness (QED) is 0.354. The Labute approximate surface area is 217 Å². The van der Waals surface area contributed by atoms with Gasteiger partial charge in [0.05, 0.1) is 23.1 Å². The van der Waals surface area contributed by atoms with Crippen LogP contribution in [0.1, 0.15) is 55.3 Å². The predicted octanol–water partition coefficient (Wildman–Crippen LogP) is 6.35. The summed E-state index contributed by atoms with van der Waals surface area (Å²) < 4.78 is 58.0. The molecular weight excluding hydrogens is 503 g/mol. The molecule has 0 radical (unpaired) electrons. The molecule has 204 valence electrons. The van der Waals surface area contributed by atoms with Gasteiger partial charge < -0.3 is 19.0 Å². The largest absolute Gasteiger partial charge is 0.507 e. The molecule has 1 fully saturated rings. The highest BCUT2D eigenvalue weighted by atomic mass is 19.4. The Morgan fingerprint density at radius 3 is 2.37 bits per heavy atom. The van der Waals surface area contributed by atoms with Crippen molar-refractivity contribution in [1.82, 2.24) is 4.90 Å². The molecular formula is C28H30F3NO6. The van der Waals surface area contributed by atoms with E-state index in [-0.39, 0.29) is 46.7 Å². The Balaban J connectivity index is 1.74. The van der Waals surface area contributed by atoms with Crippen molar-refractivity contribution in [3.63, 3.8) is 0 Å². The molecule has 1 aliphatic heterocycles. The second-order valence-electron chi connectivity index (χ2n) is 9.93. The van der Waals surface area contributed by atoms with Crippen molar-refractivity contribution in [2.45, 2.75) is 46.3 Å². The molecule has 4 rings (SSSR count). The van der Waals surface area contributed by atoms with E-state index in [1.54, 1.807) is 0 Å². The van der Waals surface area contributed by atoms with Crippen LogP contribution in [0.2, 0.25) is 0 Å². The molecule has 1 aliphatic rings. The Hall–Kier alpha value is -3.53. The summed E-state index contributed by atoms with van der Waals surface area (Å²) in [4.78, 5) is 27.3. The Bertz CT molecular complexity index is 1360. The number of halogens is 3. The Morgan fingerprint density at radius 2 is 1.76 bits per heavy atom. The van der Waals surface area contributed by atoms with Crippen LogP contribution in [-0.2, 0) is 17.5 Å². The number of likely N-dealkylation sites (tertiary alicyclic amines) is 1. The number of carbonyl (C=O) groups excluding carboxylic acids is 1. The van der Waals surface area contributed by atoms with Gasteiger partial charge in [0, 0.05) is 19.6 Å². The zero-order valence-electron chi connectivity index (χ0n) is 21.4. The van der Waals surface area contributed by atoms with Gasteiger partial charge in [0.1, 0.15) is 17.1 Å². The van der Waals surface area contributed by atoms with E-state index in [4.69, 9.17) is 13.9 Å². The van der Waals surface area contributed by atoms with Gasteiger partial charge in [-0.2, -0.15) is 13.2 Å². The molecule has 3 aromatic rings. The molecule has 2 atom stereocenters. The summed E-state index contributed by atoms with van der Waals surface area (Å²) >= 11 is 0. The third kappa shape index (κ3) is 5.96. The van der Waals surface area contributed by atoms with Crippen molar-refractivity contribution in [2.24, 2.45) is 11.8 Å². The van der Waals surface area contributed by atoms with Gasteiger partial charge in [-0.25, -0.2) is 4.79 Å². The average molecular weight is 534 g/mol. The molecule has 10 heteroatoms. The molecule has 0 saturated carbocycles. The lowest BCUT2D eigenvalue weighted by atomic mass is 9.91. The average Bonchev–Trinajstić information content (AvgIpc) is 2.85. The van der Waals surface area contributed by atoms with Gasteiger partial charge >= 0.3 is 12.1 Å². The fraction of sp³-hybridized carbons (Fsp3) is 0.429. The van der Waals surface area contributed by atoms with Gasteiger partial charge in [0.2, 0.25) is 11.2 Å². The van der Waals surface area contributed by atoms with Gasteiger partial charge in [0.25, 0.3) is 5.76 Å². The van der Waals surface area contributed by atoms with E-state index in [0.717, 1.165) is 6.42 Å².